The Balaban J connectivity index is 1.28. The fourth-order valence-corrected chi connectivity index (χ4v) is 5.32. The van der Waals surface area contributed by atoms with Gasteiger partial charge < -0.3 is 40.6 Å². The van der Waals surface area contributed by atoms with Crippen molar-refractivity contribution in [2.45, 2.75) is 50.6 Å². The molecule has 5 aromatic rings. The maximum atomic E-state index is 13.9. The summed E-state index contributed by atoms with van der Waals surface area (Å²) < 4.78 is 11.5. The minimum absolute atomic E-state index is 0.00954. The standard InChI is InChI=1S/C39H39N5O8/c45-31-17-15-27(16-18-31)19-32(36(46)43-34(38(48)49)20-26-9-3-1-4-10-26)42-37(47)33(21-30-22-40-25-41-30)44-39(50)52-24-29-13-7-8-14-35(29)51-23-28-11-5-2-6-12-28/h1-18,22,25,32-34,45H,19-21,23-24H2,(H,40,41)(H,42,47)(H,43,46)(H,44,50)(H,48,49)/t32-,33-,34-/m0/s1. The van der Waals surface area contributed by atoms with Crippen LogP contribution in [0.25, 0.3) is 0 Å². The first-order valence-corrected chi connectivity index (χ1v) is 16.5. The summed E-state index contributed by atoms with van der Waals surface area (Å²) in [4.78, 5) is 59.7. The van der Waals surface area contributed by atoms with Gasteiger partial charge in [0.05, 0.1) is 6.33 Å². The van der Waals surface area contributed by atoms with Gasteiger partial charge in [-0.3, -0.25) is 9.59 Å². The van der Waals surface area contributed by atoms with Crippen LogP contribution in [0, 0.1) is 0 Å². The highest BCUT2D eigenvalue weighted by atomic mass is 16.5. The number of alkyl carbamates (subject to hydrolysis) is 1. The van der Waals surface area contributed by atoms with Crippen LogP contribution in [0.15, 0.2) is 122 Å². The number of imidazole rings is 1. The number of benzene rings is 4. The predicted octanol–water partition coefficient (Wildman–Crippen LogP) is 4.07. The summed E-state index contributed by atoms with van der Waals surface area (Å²) in [6.45, 7) is 0.161. The van der Waals surface area contributed by atoms with E-state index in [0.717, 1.165) is 5.56 Å². The Hall–Kier alpha value is -6.63. The summed E-state index contributed by atoms with van der Waals surface area (Å²) in [7, 11) is 0. The fraction of sp³-hybridized carbons (Fsp3) is 0.205. The van der Waals surface area contributed by atoms with Crippen molar-refractivity contribution in [3.8, 4) is 11.5 Å². The van der Waals surface area contributed by atoms with Crippen LogP contribution >= 0.6 is 0 Å². The van der Waals surface area contributed by atoms with Gasteiger partial charge in [-0.1, -0.05) is 91.0 Å². The van der Waals surface area contributed by atoms with E-state index in [9.17, 15) is 29.4 Å². The van der Waals surface area contributed by atoms with Crippen molar-refractivity contribution in [3.63, 3.8) is 0 Å². The zero-order valence-corrected chi connectivity index (χ0v) is 28.1. The molecule has 13 heteroatoms. The number of nitrogens with zero attached hydrogens (tertiary/aromatic N) is 1. The smallest absolute Gasteiger partial charge is 0.408 e. The van der Waals surface area contributed by atoms with Gasteiger partial charge in [0.2, 0.25) is 11.8 Å². The molecule has 0 spiro atoms. The van der Waals surface area contributed by atoms with Crippen molar-refractivity contribution < 1.29 is 38.9 Å². The molecule has 0 radical (unpaired) electrons. The topological polar surface area (TPSA) is 192 Å². The predicted molar refractivity (Wildman–Crippen MR) is 190 cm³/mol. The number of ether oxygens (including phenoxy) is 2. The Morgan fingerprint density at radius 2 is 1.23 bits per heavy atom. The monoisotopic (exact) mass is 705 g/mol. The number of amides is 3. The number of hydrogen-bond acceptors (Lipinski definition) is 8. The molecule has 0 bridgehead atoms. The van der Waals surface area contributed by atoms with Crippen LogP contribution in [-0.4, -0.2) is 62.2 Å². The molecule has 0 aliphatic heterocycles. The molecular weight excluding hydrogens is 666 g/mol. The lowest BCUT2D eigenvalue weighted by molar-refractivity contribution is -0.142. The van der Waals surface area contributed by atoms with E-state index in [2.05, 4.69) is 25.9 Å². The number of carbonyl (C=O) groups excluding carboxylic acids is 3. The first-order chi connectivity index (χ1) is 25.2. The Morgan fingerprint density at radius 1 is 0.654 bits per heavy atom. The van der Waals surface area contributed by atoms with Gasteiger partial charge in [0, 0.05) is 36.7 Å². The largest absolute Gasteiger partial charge is 0.508 e. The second-order valence-electron chi connectivity index (χ2n) is 12.0. The summed E-state index contributed by atoms with van der Waals surface area (Å²) >= 11 is 0. The van der Waals surface area contributed by atoms with Crippen LogP contribution in [0.3, 0.4) is 0 Å². The van der Waals surface area contributed by atoms with E-state index < -0.39 is 42.0 Å². The van der Waals surface area contributed by atoms with Crippen LogP contribution in [0.1, 0.15) is 27.9 Å². The molecule has 3 amide bonds. The van der Waals surface area contributed by atoms with Crippen molar-refractivity contribution in [2.75, 3.05) is 0 Å². The Morgan fingerprint density at radius 3 is 1.88 bits per heavy atom. The van der Waals surface area contributed by atoms with E-state index in [-0.39, 0.29) is 31.6 Å². The third kappa shape index (κ3) is 11.2. The van der Waals surface area contributed by atoms with Gasteiger partial charge in [-0.15, -0.1) is 0 Å². The fourth-order valence-electron chi connectivity index (χ4n) is 5.32. The third-order valence-electron chi connectivity index (χ3n) is 8.06. The van der Waals surface area contributed by atoms with Crippen LogP contribution in [0.2, 0.25) is 0 Å². The second-order valence-corrected chi connectivity index (χ2v) is 12.0. The highest BCUT2D eigenvalue weighted by molar-refractivity contribution is 5.93. The lowest BCUT2D eigenvalue weighted by atomic mass is 10.0. The number of aromatic nitrogens is 2. The first kappa shape index (κ1) is 36.6. The number of para-hydroxylation sites is 1. The quantitative estimate of drug-likeness (QED) is 0.0828. The minimum atomic E-state index is -1.29. The number of carboxylic acid groups (broad SMARTS) is 1. The molecule has 1 heterocycles. The van der Waals surface area contributed by atoms with Gasteiger partial charge in [0.1, 0.15) is 42.8 Å². The van der Waals surface area contributed by atoms with E-state index in [1.807, 2.05) is 30.3 Å². The van der Waals surface area contributed by atoms with E-state index in [0.29, 0.717) is 34.7 Å². The normalized spacial score (nSPS) is 12.5. The summed E-state index contributed by atoms with van der Waals surface area (Å²) in [5, 5.41) is 27.5. The molecule has 3 atom stereocenters. The number of rotatable bonds is 17. The van der Waals surface area contributed by atoms with Crippen molar-refractivity contribution >= 4 is 23.9 Å². The van der Waals surface area contributed by atoms with Crippen LogP contribution < -0.4 is 20.7 Å². The molecule has 6 N–H and O–H groups in total. The third-order valence-corrected chi connectivity index (χ3v) is 8.06. The van der Waals surface area contributed by atoms with Crippen LogP contribution in [0.5, 0.6) is 11.5 Å². The highest BCUT2D eigenvalue weighted by Gasteiger charge is 2.31. The number of nitrogens with one attached hydrogen (secondary N) is 4. The van der Waals surface area contributed by atoms with Crippen molar-refractivity contribution in [1.82, 2.24) is 25.9 Å². The highest BCUT2D eigenvalue weighted by Crippen LogP contribution is 2.20. The molecule has 0 aliphatic carbocycles. The molecule has 4 aromatic carbocycles. The summed E-state index contributed by atoms with van der Waals surface area (Å²) in [5.74, 6) is -2.19. The van der Waals surface area contributed by atoms with Gasteiger partial charge in [-0.2, -0.15) is 0 Å². The number of aliphatic carboxylic acids is 1. The molecule has 268 valence electrons. The molecule has 0 unspecified atom stereocenters. The number of carboxylic acids is 1. The lowest BCUT2D eigenvalue weighted by Crippen LogP contribution is -2.57. The molecule has 0 saturated carbocycles. The number of H-pyrrole nitrogens is 1. The average molecular weight is 706 g/mol. The number of phenols is 1. The van der Waals surface area contributed by atoms with Crippen LogP contribution in [-0.2, 0) is 51.6 Å². The molecule has 5 rings (SSSR count). The van der Waals surface area contributed by atoms with E-state index in [1.165, 1.54) is 24.7 Å². The zero-order chi connectivity index (χ0) is 36.7. The second kappa shape index (κ2) is 18.4. The maximum absolute atomic E-state index is 13.9. The lowest BCUT2D eigenvalue weighted by Gasteiger charge is -2.24. The summed E-state index contributed by atoms with van der Waals surface area (Å²) in [6.07, 6.45) is 1.96. The first-order valence-electron chi connectivity index (χ1n) is 16.5. The maximum Gasteiger partial charge on any atom is 0.408 e. The van der Waals surface area contributed by atoms with Crippen LogP contribution in [0.4, 0.5) is 4.79 Å². The molecule has 0 saturated heterocycles. The number of aromatic amines is 1. The van der Waals surface area contributed by atoms with Gasteiger partial charge >= 0.3 is 12.1 Å². The van der Waals surface area contributed by atoms with E-state index in [1.54, 1.807) is 66.7 Å². The SMILES string of the molecule is O=C(N[C@@H](Cc1cnc[nH]1)C(=O)N[C@@H](Cc1ccc(O)cc1)C(=O)N[C@@H](Cc1ccccc1)C(=O)O)OCc1ccccc1OCc1ccccc1. The summed E-state index contributed by atoms with van der Waals surface area (Å²) in [6, 6.07) is 27.8. The molecule has 52 heavy (non-hydrogen) atoms. The molecule has 0 aliphatic rings. The van der Waals surface area contributed by atoms with Gasteiger partial charge in [0.15, 0.2) is 0 Å². The van der Waals surface area contributed by atoms with Gasteiger partial charge in [-0.05, 0) is 34.9 Å². The minimum Gasteiger partial charge on any atom is -0.508 e. The molecule has 1 aromatic heterocycles. The number of hydrogen-bond donors (Lipinski definition) is 6. The van der Waals surface area contributed by atoms with E-state index >= 15 is 0 Å². The van der Waals surface area contributed by atoms with Crippen molar-refractivity contribution in [3.05, 3.63) is 150 Å². The average Bonchev–Trinajstić information content (AvgIpc) is 3.67. The van der Waals surface area contributed by atoms with Crippen molar-refractivity contribution in [2.24, 2.45) is 0 Å². The molecule has 13 nitrogen and oxygen atoms in total. The van der Waals surface area contributed by atoms with Crippen molar-refractivity contribution in [1.29, 1.82) is 0 Å². The summed E-state index contributed by atoms with van der Waals surface area (Å²) in [5.41, 5.74) is 3.38. The number of carbonyl (C=O) groups is 4. The molecular formula is C39H39N5O8. The van der Waals surface area contributed by atoms with Gasteiger partial charge in [0.25, 0.3) is 0 Å². The Labute approximate surface area is 300 Å². The number of phenolic OH excluding ortho intramolecular Hbond substituents is 1. The Kier molecular flexibility index (Phi) is 13.0. The van der Waals surface area contributed by atoms with E-state index in [4.69, 9.17) is 9.47 Å². The Bertz CT molecular complexity index is 1900. The zero-order valence-electron chi connectivity index (χ0n) is 28.1. The number of aromatic hydroxyl groups is 1. The molecule has 0 fully saturated rings. The van der Waals surface area contributed by atoms with Gasteiger partial charge in [-0.25, -0.2) is 14.6 Å².